The largest absolute Gasteiger partial charge is 0.256 e. The number of pyridine rings is 1. The van der Waals surface area contributed by atoms with Gasteiger partial charge in [-0.3, -0.25) is 4.98 Å². The zero-order valence-corrected chi connectivity index (χ0v) is 9.69. The Hall–Kier alpha value is -0.630. The van der Waals surface area contributed by atoms with E-state index in [1.165, 1.54) is 6.20 Å². The Morgan fingerprint density at radius 1 is 1.21 bits per heavy atom. The third-order valence-corrected chi connectivity index (χ3v) is 2.46. The molecule has 0 atom stereocenters. The summed E-state index contributed by atoms with van der Waals surface area (Å²) in [5.41, 5.74) is 1.07. The van der Waals surface area contributed by atoms with Gasteiger partial charge in [-0.25, -0.2) is 4.39 Å². The van der Waals surface area contributed by atoms with Crippen molar-refractivity contribution in [1.29, 1.82) is 0 Å². The molecule has 1 nitrogen and oxygen atoms in total. The highest BCUT2D eigenvalue weighted by Gasteiger charge is 2.17. The lowest BCUT2D eigenvalue weighted by Gasteiger charge is -2.13. The minimum atomic E-state index is -0.248. The first-order valence-electron chi connectivity index (χ1n) is 4.79. The van der Waals surface area contributed by atoms with Crippen molar-refractivity contribution >= 4 is 11.6 Å². The molecule has 0 N–H and O–H groups in total. The highest BCUT2D eigenvalue weighted by atomic mass is 35.5. The Morgan fingerprint density at radius 2 is 1.79 bits per heavy atom. The van der Waals surface area contributed by atoms with Gasteiger partial charge in [0.25, 0.3) is 0 Å². The molecule has 78 valence electrons. The van der Waals surface area contributed by atoms with Crippen LogP contribution in [0.3, 0.4) is 0 Å². The predicted octanol–water partition coefficient (Wildman–Crippen LogP) is 4.12. The van der Waals surface area contributed by atoms with E-state index in [1.807, 2.05) is 27.7 Å². The van der Waals surface area contributed by atoms with Crippen LogP contribution in [0.15, 0.2) is 6.20 Å². The summed E-state index contributed by atoms with van der Waals surface area (Å²) in [6.45, 7) is 7.69. The van der Waals surface area contributed by atoms with Gasteiger partial charge in [0.2, 0.25) is 0 Å². The summed E-state index contributed by atoms with van der Waals surface area (Å²) in [5.74, 6) is -0.0738. The van der Waals surface area contributed by atoms with Crippen LogP contribution >= 0.6 is 11.6 Å². The Bertz CT molecular complexity index is 334. The number of rotatable bonds is 2. The fraction of sp³-hybridized carbons (Fsp3) is 0.545. The lowest BCUT2D eigenvalue weighted by Crippen LogP contribution is -2.04. The molecule has 0 amide bonds. The molecule has 0 bridgehead atoms. The first-order chi connectivity index (χ1) is 6.45. The van der Waals surface area contributed by atoms with Gasteiger partial charge >= 0.3 is 0 Å². The zero-order chi connectivity index (χ0) is 10.9. The summed E-state index contributed by atoms with van der Waals surface area (Å²) >= 11 is 5.90. The van der Waals surface area contributed by atoms with E-state index in [2.05, 4.69) is 4.98 Å². The maximum atomic E-state index is 13.9. The molecule has 1 aromatic heterocycles. The summed E-state index contributed by atoms with van der Waals surface area (Å²) in [4.78, 5) is 4.01. The van der Waals surface area contributed by atoms with Gasteiger partial charge in [0.05, 0.1) is 10.7 Å². The quantitative estimate of drug-likeness (QED) is 0.723. The van der Waals surface area contributed by atoms with E-state index in [4.69, 9.17) is 11.6 Å². The molecule has 0 aliphatic heterocycles. The first-order valence-corrected chi connectivity index (χ1v) is 5.16. The lowest BCUT2D eigenvalue weighted by atomic mass is 9.99. The average molecular weight is 216 g/mol. The fourth-order valence-electron chi connectivity index (χ4n) is 1.43. The fourth-order valence-corrected chi connectivity index (χ4v) is 1.78. The second kappa shape index (κ2) is 4.26. The van der Waals surface area contributed by atoms with Crippen molar-refractivity contribution in [2.45, 2.75) is 39.5 Å². The molecule has 1 rings (SSSR count). The van der Waals surface area contributed by atoms with Gasteiger partial charge in [0.1, 0.15) is 5.82 Å². The number of hydrogen-bond donors (Lipinski definition) is 0. The lowest BCUT2D eigenvalue weighted by molar-refractivity contribution is 0.560. The second-order valence-corrected chi connectivity index (χ2v) is 4.44. The summed E-state index contributed by atoms with van der Waals surface area (Å²) in [5, 5.41) is 0.418. The van der Waals surface area contributed by atoms with Gasteiger partial charge < -0.3 is 0 Å². The summed E-state index contributed by atoms with van der Waals surface area (Å²) < 4.78 is 13.9. The third kappa shape index (κ3) is 2.06. The molecule has 0 aliphatic carbocycles. The number of nitrogens with zero attached hydrogens (tertiary/aromatic N) is 1. The Labute approximate surface area is 89.3 Å². The number of halogens is 2. The van der Waals surface area contributed by atoms with Gasteiger partial charge in [0.15, 0.2) is 0 Å². The van der Waals surface area contributed by atoms with Crippen LogP contribution in [0.25, 0.3) is 0 Å². The van der Waals surface area contributed by atoms with Gasteiger partial charge in [-0.2, -0.15) is 0 Å². The topological polar surface area (TPSA) is 12.9 Å². The molecule has 0 aromatic carbocycles. The van der Waals surface area contributed by atoms with Gasteiger partial charge in [-0.05, 0) is 11.8 Å². The second-order valence-electron chi connectivity index (χ2n) is 4.03. The summed E-state index contributed by atoms with van der Waals surface area (Å²) in [6.07, 6.45) is 1.54. The van der Waals surface area contributed by atoms with Crippen molar-refractivity contribution in [3.63, 3.8) is 0 Å². The molecule has 14 heavy (non-hydrogen) atoms. The smallest absolute Gasteiger partial charge is 0.149 e. The SMILES string of the molecule is CC(C)c1ncc(Cl)c(C(C)C)c1F. The van der Waals surface area contributed by atoms with Crippen LogP contribution in [0.4, 0.5) is 4.39 Å². The molecule has 3 heteroatoms. The van der Waals surface area contributed by atoms with E-state index >= 15 is 0 Å². The molecule has 1 aromatic rings. The van der Waals surface area contributed by atoms with Crippen LogP contribution in [0.2, 0.25) is 5.02 Å². The van der Waals surface area contributed by atoms with E-state index in [0.29, 0.717) is 16.3 Å². The van der Waals surface area contributed by atoms with Gasteiger partial charge in [-0.15, -0.1) is 0 Å². The maximum absolute atomic E-state index is 13.9. The van der Waals surface area contributed by atoms with Crippen molar-refractivity contribution in [1.82, 2.24) is 4.98 Å². The Morgan fingerprint density at radius 3 is 2.21 bits per heavy atom. The molecular weight excluding hydrogens is 201 g/mol. The first kappa shape index (κ1) is 11.4. The van der Waals surface area contributed by atoms with Crippen LogP contribution in [-0.4, -0.2) is 4.98 Å². The Balaban J connectivity index is 3.34. The van der Waals surface area contributed by atoms with Crippen molar-refractivity contribution in [3.05, 3.63) is 28.3 Å². The monoisotopic (exact) mass is 215 g/mol. The number of aromatic nitrogens is 1. The highest BCUT2D eigenvalue weighted by molar-refractivity contribution is 6.31. The van der Waals surface area contributed by atoms with Crippen LogP contribution in [0.5, 0.6) is 0 Å². The standard InChI is InChI=1S/C11H15ClFN/c1-6(2)9-8(12)5-14-11(7(3)4)10(9)13/h5-7H,1-4H3. The highest BCUT2D eigenvalue weighted by Crippen LogP contribution is 2.30. The summed E-state index contributed by atoms with van der Waals surface area (Å²) in [7, 11) is 0. The van der Waals surface area contributed by atoms with E-state index in [0.717, 1.165) is 0 Å². The molecule has 0 aliphatic rings. The molecule has 0 spiro atoms. The minimum absolute atomic E-state index is 0.0861. The third-order valence-electron chi connectivity index (χ3n) is 2.16. The molecular formula is C11H15ClFN. The average Bonchev–Trinajstić information content (AvgIpc) is 2.02. The van der Waals surface area contributed by atoms with E-state index in [1.54, 1.807) is 0 Å². The minimum Gasteiger partial charge on any atom is -0.256 e. The number of hydrogen-bond acceptors (Lipinski definition) is 1. The molecule has 0 radical (unpaired) electrons. The predicted molar refractivity (Wildman–Crippen MR) is 57.4 cm³/mol. The maximum Gasteiger partial charge on any atom is 0.149 e. The Kier molecular flexibility index (Phi) is 3.48. The van der Waals surface area contributed by atoms with Crippen molar-refractivity contribution in [3.8, 4) is 0 Å². The molecule has 0 unspecified atom stereocenters. The zero-order valence-electron chi connectivity index (χ0n) is 8.94. The molecule has 0 saturated carbocycles. The van der Waals surface area contributed by atoms with E-state index in [-0.39, 0.29) is 17.7 Å². The molecule has 0 saturated heterocycles. The van der Waals surface area contributed by atoms with Crippen molar-refractivity contribution in [2.75, 3.05) is 0 Å². The van der Waals surface area contributed by atoms with Gasteiger partial charge in [-0.1, -0.05) is 39.3 Å². The van der Waals surface area contributed by atoms with Gasteiger partial charge in [0, 0.05) is 11.8 Å². The van der Waals surface area contributed by atoms with E-state index < -0.39 is 0 Å². The van der Waals surface area contributed by atoms with Crippen LogP contribution in [0.1, 0.15) is 50.8 Å². The van der Waals surface area contributed by atoms with Crippen molar-refractivity contribution < 1.29 is 4.39 Å². The van der Waals surface area contributed by atoms with Crippen molar-refractivity contribution in [2.24, 2.45) is 0 Å². The normalized spacial score (nSPS) is 11.4. The summed E-state index contributed by atoms with van der Waals surface area (Å²) in [6, 6.07) is 0. The van der Waals surface area contributed by atoms with E-state index in [9.17, 15) is 4.39 Å². The van der Waals surface area contributed by atoms with Crippen LogP contribution in [0, 0.1) is 5.82 Å². The molecule has 1 heterocycles. The van der Waals surface area contributed by atoms with Crippen LogP contribution < -0.4 is 0 Å². The molecule has 0 fully saturated rings. The van der Waals surface area contributed by atoms with Crippen LogP contribution in [-0.2, 0) is 0 Å².